The summed E-state index contributed by atoms with van der Waals surface area (Å²) in [5.41, 5.74) is 6.08. The van der Waals surface area contributed by atoms with Gasteiger partial charge < -0.3 is 10.5 Å². The van der Waals surface area contributed by atoms with Crippen LogP contribution in [0.5, 0.6) is 0 Å². The van der Waals surface area contributed by atoms with Crippen molar-refractivity contribution < 1.29 is 4.74 Å². The molecule has 82 valence electrons. The molecule has 2 N–H and O–H groups in total. The minimum atomic E-state index is 0.166. The van der Waals surface area contributed by atoms with E-state index in [2.05, 4.69) is 18.7 Å². The van der Waals surface area contributed by atoms with Crippen molar-refractivity contribution in [1.82, 2.24) is 4.90 Å². The molecule has 2 aliphatic heterocycles. The van der Waals surface area contributed by atoms with Gasteiger partial charge in [-0.25, -0.2) is 0 Å². The summed E-state index contributed by atoms with van der Waals surface area (Å²) in [7, 11) is 0. The number of hydrogen-bond donors (Lipinski definition) is 1. The van der Waals surface area contributed by atoms with Gasteiger partial charge in [0, 0.05) is 26.2 Å². The molecule has 2 saturated heterocycles. The van der Waals surface area contributed by atoms with E-state index in [0.29, 0.717) is 0 Å². The first-order valence-electron chi connectivity index (χ1n) is 5.71. The van der Waals surface area contributed by atoms with Crippen LogP contribution in [0.15, 0.2) is 0 Å². The third-order valence-corrected chi connectivity index (χ3v) is 4.12. The third-order valence-electron chi connectivity index (χ3n) is 4.12. The Balaban J connectivity index is 2.06. The zero-order valence-electron chi connectivity index (χ0n) is 9.33. The van der Waals surface area contributed by atoms with E-state index in [1.54, 1.807) is 0 Å². The van der Waals surface area contributed by atoms with Crippen LogP contribution in [-0.4, -0.2) is 43.3 Å². The van der Waals surface area contributed by atoms with Gasteiger partial charge in [0.05, 0.1) is 12.1 Å². The number of nitrogens with two attached hydrogens (primary N) is 1. The molecule has 0 radical (unpaired) electrons. The fourth-order valence-corrected chi connectivity index (χ4v) is 2.65. The summed E-state index contributed by atoms with van der Waals surface area (Å²) in [4.78, 5) is 2.56. The smallest absolute Gasteiger partial charge is 0.0663 e. The first kappa shape index (κ1) is 10.4. The van der Waals surface area contributed by atoms with Crippen LogP contribution in [-0.2, 0) is 4.74 Å². The van der Waals surface area contributed by atoms with E-state index in [0.717, 1.165) is 38.0 Å². The van der Waals surface area contributed by atoms with Gasteiger partial charge in [0.1, 0.15) is 0 Å². The van der Waals surface area contributed by atoms with Crippen LogP contribution in [0, 0.1) is 11.8 Å². The molecule has 0 aliphatic carbocycles. The first-order chi connectivity index (χ1) is 6.68. The summed E-state index contributed by atoms with van der Waals surface area (Å²) in [6.07, 6.45) is 1.11. The molecule has 0 aromatic rings. The molecule has 0 aromatic carbocycles. The van der Waals surface area contributed by atoms with Crippen molar-refractivity contribution in [2.24, 2.45) is 17.6 Å². The molecule has 0 aromatic heterocycles. The number of hydrogen-bond acceptors (Lipinski definition) is 3. The van der Waals surface area contributed by atoms with E-state index in [-0.39, 0.29) is 5.54 Å². The van der Waals surface area contributed by atoms with E-state index in [1.807, 2.05) is 0 Å². The Labute approximate surface area is 86.6 Å². The summed E-state index contributed by atoms with van der Waals surface area (Å²) in [6, 6.07) is 0. The standard InChI is InChI=1S/C11H22N2O/c1-9-5-13(6-10(9)2)11(7-12)3-4-14-8-11/h9-10H,3-8,12H2,1-2H3. The van der Waals surface area contributed by atoms with Crippen molar-refractivity contribution >= 4 is 0 Å². The Kier molecular flexibility index (Phi) is 2.82. The molecule has 0 spiro atoms. The summed E-state index contributed by atoms with van der Waals surface area (Å²) < 4.78 is 5.51. The molecule has 3 atom stereocenters. The van der Waals surface area contributed by atoms with Crippen LogP contribution in [0.1, 0.15) is 20.3 Å². The molecular weight excluding hydrogens is 176 g/mol. The molecule has 2 fully saturated rings. The predicted octanol–water partition coefficient (Wildman–Crippen LogP) is 0.692. The average molecular weight is 198 g/mol. The van der Waals surface area contributed by atoms with Gasteiger partial charge in [-0.2, -0.15) is 0 Å². The Morgan fingerprint density at radius 3 is 2.43 bits per heavy atom. The number of rotatable bonds is 2. The van der Waals surface area contributed by atoms with E-state index >= 15 is 0 Å². The maximum Gasteiger partial charge on any atom is 0.0663 e. The average Bonchev–Trinajstić information content (AvgIpc) is 2.75. The van der Waals surface area contributed by atoms with Gasteiger partial charge in [-0.3, -0.25) is 4.90 Å². The molecule has 0 saturated carbocycles. The van der Waals surface area contributed by atoms with Crippen molar-refractivity contribution in [2.45, 2.75) is 25.8 Å². The molecule has 2 heterocycles. The molecule has 14 heavy (non-hydrogen) atoms. The summed E-state index contributed by atoms with van der Waals surface area (Å²) in [6.45, 7) is 9.53. The molecule has 2 rings (SSSR count). The van der Waals surface area contributed by atoms with Crippen LogP contribution < -0.4 is 5.73 Å². The Morgan fingerprint density at radius 1 is 1.36 bits per heavy atom. The van der Waals surface area contributed by atoms with Gasteiger partial charge in [0.15, 0.2) is 0 Å². The maximum absolute atomic E-state index is 5.92. The van der Waals surface area contributed by atoms with Gasteiger partial charge in [0.25, 0.3) is 0 Å². The second-order valence-corrected chi connectivity index (χ2v) is 5.09. The molecule has 2 aliphatic rings. The topological polar surface area (TPSA) is 38.5 Å². The minimum absolute atomic E-state index is 0.166. The monoisotopic (exact) mass is 198 g/mol. The van der Waals surface area contributed by atoms with Crippen molar-refractivity contribution in [3.8, 4) is 0 Å². The van der Waals surface area contributed by atoms with Crippen LogP contribution >= 0.6 is 0 Å². The molecule has 3 unspecified atom stereocenters. The SMILES string of the molecule is CC1CN(C2(CN)CCOC2)CC1C. The van der Waals surface area contributed by atoms with E-state index in [4.69, 9.17) is 10.5 Å². The Bertz CT molecular complexity index is 191. The summed E-state index contributed by atoms with van der Waals surface area (Å²) in [5, 5.41) is 0. The summed E-state index contributed by atoms with van der Waals surface area (Å²) >= 11 is 0. The summed E-state index contributed by atoms with van der Waals surface area (Å²) in [5.74, 6) is 1.61. The zero-order chi connectivity index (χ0) is 10.2. The molecule has 3 heteroatoms. The Hall–Kier alpha value is -0.120. The molecule has 0 bridgehead atoms. The van der Waals surface area contributed by atoms with Crippen LogP contribution in [0.2, 0.25) is 0 Å². The second kappa shape index (κ2) is 3.80. The van der Waals surface area contributed by atoms with Crippen LogP contribution in [0.3, 0.4) is 0 Å². The highest BCUT2D eigenvalue weighted by atomic mass is 16.5. The molecule has 3 nitrogen and oxygen atoms in total. The first-order valence-corrected chi connectivity index (χ1v) is 5.71. The van der Waals surface area contributed by atoms with Crippen molar-refractivity contribution in [2.75, 3.05) is 32.8 Å². The lowest BCUT2D eigenvalue weighted by Gasteiger charge is -2.36. The van der Waals surface area contributed by atoms with Crippen LogP contribution in [0.4, 0.5) is 0 Å². The number of nitrogens with zero attached hydrogens (tertiary/aromatic N) is 1. The Morgan fingerprint density at radius 2 is 2.00 bits per heavy atom. The van der Waals surface area contributed by atoms with Gasteiger partial charge in [-0.15, -0.1) is 0 Å². The number of likely N-dealkylation sites (tertiary alicyclic amines) is 1. The lowest BCUT2D eigenvalue weighted by Crippen LogP contribution is -2.53. The van der Waals surface area contributed by atoms with E-state index in [9.17, 15) is 0 Å². The quantitative estimate of drug-likeness (QED) is 0.709. The fourth-order valence-electron chi connectivity index (χ4n) is 2.65. The van der Waals surface area contributed by atoms with Crippen LogP contribution in [0.25, 0.3) is 0 Å². The van der Waals surface area contributed by atoms with Crippen molar-refractivity contribution in [3.05, 3.63) is 0 Å². The lowest BCUT2D eigenvalue weighted by atomic mass is 9.97. The van der Waals surface area contributed by atoms with Gasteiger partial charge in [0.2, 0.25) is 0 Å². The molecule has 0 amide bonds. The van der Waals surface area contributed by atoms with E-state index in [1.165, 1.54) is 13.1 Å². The van der Waals surface area contributed by atoms with Gasteiger partial charge in [-0.1, -0.05) is 13.8 Å². The molecular formula is C11H22N2O. The second-order valence-electron chi connectivity index (χ2n) is 5.09. The predicted molar refractivity (Wildman–Crippen MR) is 57.1 cm³/mol. The largest absolute Gasteiger partial charge is 0.379 e. The minimum Gasteiger partial charge on any atom is -0.379 e. The lowest BCUT2D eigenvalue weighted by molar-refractivity contribution is 0.0880. The highest BCUT2D eigenvalue weighted by Crippen LogP contribution is 2.33. The van der Waals surface area contributed by atoms with E-state index < -0.39 is 0 Å². The highest BCUT2D eigenvalue weighted by molar-refractivity contribution is 4.98. The van der Waals surface area contributed by atoms with Gasteiger partial charge >= 0.3 is 0 Å². The van der Waals surface area contributed by atoms with Crippen molar-refractivity contribution in [1.29, 1.82) is 0 Å². The normalized spacial score (nSPS) is 44.8. The van der Waals surface area contributed by atoms with Gasteiger partial charge in [-0.05, 0) is 18.3 Å². The number of ether oxygens (including phenoxy) is 1. The van der Waals surface area contributed by atoms with Crippen molar-refractivity contribution in [3.63, 3.8) is 0 Å². The zero-order valence-corrected chi connectivity index (χ0v) is 9.33. The highest BCUT2D eigenvalue weighted by Gasteiger charge is 2.43. The third kappa shape index (κ3) is 1.58. The fraction of sp³-hybridized carbons (Fsp3) is 1.00. The maximum atomic E-state index is 5.92.